The molecule has 126 valence electrons. The summed E-state index contributed by atoms with van der Waals surface area (Å²) in [6, 6.07) is 20.1. The predicted molar refractivity (Wildman–Crippen MR) is 97.5 cm³/mol. The molecule has 2 aromatic carbocycles. The lowest BCUT2D eigenvalue weighted by Crippen LogP contribution is -2.39. The number of rotatable bonds is 7. The molecule has 0 saturated carbocycles. The van der Waals surface area contributed by atoms with Gasteiger partial charge < -0.3 is 9.64 Å². The quantitative estimate of drug-likeness (QED) is 0.708. The Balaban J connectivity index is 2.18. The Hall–Kier alpha value is -2.39. The van der Waals surface area contributed by atoms with Crippen molar-refractivity contribution >= 4 is 5.91 Å². The van der Waals surface area contributed by atoms with Crippen LogP contribution in [0.5, 0.6) is 0 Å². The molecule has 0 aliphatic carbocycles. The maximum absolute atomic E-state index is 12.2. The Kier molecular flexibility index (Phi) is 6.76. The molecule has 0 fully saturated rings. The van der Waals surface area contributed by atoms with Gasteiger partial charge in [0, 0.05) is 7.05 Å². The zero-order valence-corrected chi connectivity index (χ0v) is 14.6. The molecule has 3 nitrogen and oxygen atoms in total. The molecule has 1 amide bonds. The van der Waals surface area contributed by atoms with Crippen molar-refractivity contribution in [3.8, 4) is 0 Å². The minimum atomic E-state index is -0.189. The SMILES string of the molecule is C/C=C/C(=O)N(C)[C@@H](C)[C@@H](OCc1ccccc1)c1ccccc1. The van der Waals surface area contributed by atoms with Crippen molar-refractivity contribution in [1.29, 1.82) is 0 Å². The largest absolute Gasteiger partial charge is 0.367 e. The molecule has 2 aromatic rings. The topological polar surface area (TPSA) is 29.5 Å². The molecule has 3 heteroatoms. The second kappa shape index (κ2) is 9.04. The number of ether oxygens (including phenoxy) is 1. The van der Waals surface area contributed by atoms with Gasteiger partial charge in [-0.15, -0.1) is 0 Å². The van der Waals surface area contributed by atoms with Crippen LogP contribution in [-0.4, -0.2) is 23.9 Å². The van der Waals surface area contributed by atoms with Crippen molar-refractivity contribution in [3.05, 3.63) is 83.9 Å². The lowest BCUT2D eigenvalue weighted by molar-refractivity contribution is -0.130. The molecule has 0 N–H and O–H groups in total. The zero-order chi connectivity index (χ0) is 17.4. The van der Waals surface area contributed by atoms with Crippen molar-refractivity contribution in [2.24, 2.45) is 0 Å². The summed E-state index contributed by atoms with van der Waals surface area (Å²) in [6.07, 6.45) is 3.15. The van der Waals surface area contributed by atoms with Crippen LogP contribution in [0.4, 0.5) is 0 Å². The van der Waals surface area contributed by atoms with E-state index in [4.69, 9.17) is 4.74 Å². The summed E-state index contributed by atoms with van der Waals surface area (Å²) in [6.45, 7) is 4.37. The molecule has 0 spiro atoms. The third-order valence-corrected chi connectivity index (χ3v) is 4.11. The second-order valence-corrected chi connectivity index (χ2v) is 5.82. The third kappa shape index (κ3) is 4.80. The van der Waals surface area contributed by atoms with E-state index in [1.165, 1.54) is 0 Å². The molecule has 24 heavy (non-hydrogen) atoms. The van der Waals surface area contributed by atoms with Crippen molar-refractivity contribution < 1.29 is 9.53 Å². The maximum Gasteiger partial charge on any atom is 0.246 e. The Morgan fingerprint density at radius 1 is 1.08 bits per heavy atom. The van der Waals surface area contributed by atoms with Crippen molar-refractivity contribution in [1.82, 2.24) is 4.90 Å². The number of allylic oxidation sites excluding steroid dienone is 1. The number of hydrogen-bond acceptors (Lipinski definition) is 2. The van der Waals surface area contributed by atoms with E-state index in [-0.39, 0.29) is 18.1 Å². The fraction of sp³-hybridized carbons (Fsp3) is 0.286. The van der Waals surface area contributed by atoms with Crippen LogP contribution in [0.15, 0.2) is 72.8 Å². The van der Waals surface area contributed by atoms with E-state index in [0.29, 0.717) is 6.61 Å². The summed E-state index contributed by atoms with van der Waals surface area (Å²) >= 11 is 0. The number of amides is 1. The molecule has 0 bridgehead atoms. The Bertz CT molecular complexity index is 652. The van der Waals surface area contributed by atoms with Gasteiger partial charge in [0.1, 0.15) is 6.10 Å². The fourth-order valence-electron chi connectivity index (χ4n) is 2.58. The molecule has 0 unspecified atom stereocenters. The van der Waals surface area contributed by atoms with Crippen LogP contribution in [0, 0.1) is 0 Å². The fourth-order valence-corrected chi connectivity index (χ4v) is 2.58. The van der Waals surface area contributed by atoms with E-state index in [1.807, 2.05) is 81.6 Å². The third-order valence-electron chi connectivity index (χ3n) is 4.11. The molecule has 0 heterocycles. The van der Waals surface area contributed by atoms with Gasteiger partial charge in [0.05, 0.1) is 12.6 Å². The molecule has 0 radical (unpaired) electrons. The van der Waals surface area contributed by atoms with Crippen LogP contribution in [-0.2, 0) is 16.1 Å². The first-order chi connectivity index (χ1) is 11.6. The standard InChI is InChI=1S/C21H25NO2/c1-4-11-20(23)22(3)17(2)21(19-14-9-6-10-15-19)24-16-18-12-7-5-8-13-18/h4-15,17,21H,16H2,1-3H3/b11-4+/t17-,21+/m0/s1. The molecule has 0 aromatic heterocycles. The van der Waals surface area contributed by atoms with Crippen molar-refractivity contribution in [2.45, 2.75) is 32.6 Å². The van der Waals surface area contributed by atoms with Gasteiger partial charge in [0.15, 0.2) is 0 Å². The van der Waals surface area contributed by atoms with E-state index in [9.17, 15) is 4.79 Å². The minimum absolute atomic E-state index is 0.0192. The molecular weight excluding hydrogens is 298 g/mol. The summed E-state index contributed by atoms with van der Waals surface area (Å²) in [4.78, 5) is 13.9. The number of nitrogens with zero attached hydrogens (tertiary/aromatic N) is 1. The summed E-state index contributed by atoms with van der Waals surface area (Å²) in [5.41, 5.74) is 2.19. The normalized spacial score (nSPS) is 13.6. The number of hydrogen-bond donors (Lipinski definition) is 0. The van der Waals surface area contributed by atoms with E-state index in [0.717, 1.165) is 11.1 Å². The number of carbonyl (C=O) groups excluding carboxylic acids is 1. The molecular formula is C21H25NO2. The predicted octanol–water partition coefficient (Wildman–Crippen LogP) is 4.37. The smallest absolute Gasteiger partial charge is 0.246 e. The molecule has 0 aliphatic rings. The second-order valence-electron chi connectivity index (χ2n) is 5.82. The average molecular weight is 323 g/mol. The minimum Gasteiger partial charge on any atom is -0.367 e. The highest BCUT2D eigenvalue weighted by atomic mass is 16.5. The van der Waals surface area contributed by atoms with Gasteiger partial charge in [-0.1, -0.05) is 66.7 Å². The van der Waals surface area contributed by atoms with Gasteiger partial charge >= 0.3 is 0 Å². The molecule has 0 saturated heterocycles. The highest BCUT2D eigenvalue weighted by Crippen LogP contribution is 2.26. The Morgan fingerprint density at radius 2 is 1.67 bits per heavy atom. The summed E-state index contributed by atoms with van der Waals surface area (Å²) in [7, 11) is 1.81. The Labute approximate surface area is 144 Å². The number of likely N-dealkylation sites (N-methyl/N-ethyl adjacent to an activating group) is 1. The first kappa shape index (κ1) is 18.0. The lowest BCUT2D eigenvalue weighted by atomic mass is 10.0. The molecule has 2 atom stereocenters. The van der Waals surface area contributed by atoms with Gasteiger partial charge in [-0.05, 0) is 31.1 Å². The highest BCUT2D eigenvalue weighted by molar-refractivity contribution is 5.87. The first-order valence-corrected chi connectivity index (χ1v) is 8.23. The zero-order valence-electron chi connectivity index (χ0n) is 14.6. The van der Waals surface area contributed by atoms with E-state index in [2.05, 4.69) is 0 Å². The van der Waals surface area contributed by atoms with Crippen LogP contribution in [0.1, 0.15) is 31.1 Å². The average Bonchev–Trinajstić information content (AvgIpc) is 2.63. The maximum atomic E-state index is 12.2. The van der Waals surface area contributed by atoms with Crippen LogP contribution in [0.3, 0.4) is 0 Å². The van der Waals surface area contributed by atoms with Gasteiger partial charge in [-0.25, -0.2) is 0 Å². The van der Waals surface area contributed by atoms with Crippen LogP contribution in [0.25, 0.3) is 0 Å². The van der Waals surface area contributed by atoms with Crippen molar-refractivity contribution in [3.63, 3.8) is 0 Å². The van der Waals surface area contributed by atoms with E-state index in [1.54, 1.807) is 17.1 Å². The van der Waals surface area contributed by atoms with Crippen LogP contribution in [0.2, 0.25) is 0 Å². The van der Waals surface area contributed by atoms with Gasteiger partial charge in [0.25, 0.3) is 0 Å². The number of carbonyl (C=O) groups is 1. The summed E-state index contributed by atoms with van der Waals surface area (Å²) in [5.74, 6) is -0.0192. The van der Waals surface area contributed by atoms with Gasteiger partial charge in [-0.2, -0.15) is 0 Å². The van der Waals surface area contributed by atoms with E-state index < -0.39 is 0 Å². The summed E-state index contributed by atoms with van der Waals surface area (Å²) in [5, 5.41) is 0. The first-order valence-electron chi connectivity index (χ1n) is 8.23. The summed E-state index contributed by atoms with van der Waals surface area (Å²) < 4.78 is 6.21. The van der Waals surface area contributed by atoms with E-state index >= 15 is 0 Å². The molecule has 2 rings (SSSR count). The van der Waals surface area contributed by atoms with Crippen LogP contribution >= 0.6 is 0 Å². The highest BCUT2D eigenvalue weighted by Gasteiger charge is 2.25. The van der Waals surface area contributed by atoms with Crippen molar-refractivity contribution in [2.75, 3.05) is 7.05 Å². The monoisotopic (exact) mass is 323 g/mol. The Morgan fingerprint density at radius 3 is 2.25 bits per heavy atom. The molecule has 0 aliphatic heterocycles. The van der Waals surface area contributed by atoms with Gasteiger partial charge in [0.2, 0.25) is 5.91 Å². The van der Waals surface area contributed by atoms with Crippen LogP contribution < -0.4 is 0 Å². The van der Waals surface area contributed by atoms with Gasteiger partial charge in [-0.3, -0.25) is 4.79 Å². The number of benzene rings is 2. The lowest BCUT2D eigenvalue weighted by Gasteiger charge is -2.32.